The van der Waals surface area contributed by atoms with Gasteiger partial charge in [0.2, 0.25) is 0 Å². The second kappa shape index (κ2) is 18.2. The number of hydrogen-bond donors (Lipinski definition) is 0. The minimum atomic E-state index is -1.34. The molecule has 0 nitrogen and oxygen atoms in total. The Bertz CT molecular complexity index is 160. The summed E-state index contributed by atoms with van der Waals surface area (Å²) in [6, 6.07) is 0. The topological polar surface area (TPSA) is 0 Å². The standard InChI is InChI=1S/C20H44As.ClH/c1-5-9-13-17-21(18-14-10-6-2,19-15-11-7-3)20-16-12-8-4;/h5-20H2,1-4H3;1H/q+1;/p-1. The van der Waals surface area contributed by atoms with Gasteiger partial charge >= 0.3 is 139 Å². The first-order valence-electron chi connectivity index (χ1n) is 10.1. The first-order chi connectivity index (χ1) is 10.2. The van der Waals surface area contributed by atoms with E-state index in [1.807, 2.05) is 0 Å². The second-order valence-corrected chi connectivity index (χ2v) is 16.4. The van der Waals surface area contributed by atoms with Gasteiger partial charge in [-0.05, 0) is 0 Å². The van der Waals surface area contributed by atoms with Crippen LogP contribution < -0.4 is 12.4 Å². The molecule has 0 atom stereocenters. The Kier molecular flexibility index (Phi) is 20.7. The number of hydrogen-bond acceptors (Lipinski definition) is 0. The molecule has 0 bridgehead atoms. The molecule has 0 aromatic heterocycles. The van der Waals surface area contributed by atoms with Crippen LogP contribution in [0.2, 0.25) is 20.8 Å². The fraction of sp³-hybridized carbons (Fsp3) is 1.00. The van der Waals surface area contributed by atoms with Crippen LogP contribution in [0.1, 0.15) is 105 Å². The maximum atomic E-state index is 2.36. The molecule has 0 aliphatic heterocycles. The van der Waals surface area contributed by atoms with Gasteiger partial charge in [0, 0.05) is 0 Å². The predicted molar refractivity (Wildman–Crippen MR) is 103 cm³/mol. The number of rotatable bonds is 16. The van der Waals surface area contributed by atoms with Gasteiger partial charge in [0.15, 0.2) is 0 Å². The van der Waals surface area contributed by atoms with E-state index in [9.17, 15) is 0 Å². The van der Waals surface area contributed by atoms with Crippen molar-refractivity contribution < 1.29 is 12.4 Å². The summed E-state index contributed by atoms with van der Waals surface area (Å²) in [5.41, 5.74) is 0. The molecular formula is C20H44AsCl. The molecule has 0 heterocycles. The van der Waals surface area contributed by atoms with Gasteiger partial charge in [0.05, 0.1) is 0 Å². The number of halogens is 1. The maximum Gasteiger partial charge on any atom is -1.00 e. The summed E-state index contributed by atoms with van der Waals surface area (Å²) >= 11 is -1.34. The molecule has 0 aromatic carbocycles. The van der Waals surface area contributed by atoms with E-state index in [-0.39, 0.29) is 12.4 Å². The van der Waals surface area contributed by atoms with E-state index in [4.69, 9.17) is 0 Å². The normalized spacial score (nSPS) is 11.5. The molecule has 0 saturated carbocycles. The summed E-state index contributed by atoms with van der Waals surface area (Å²) in [6.45, 7) is 9.44. The van der Waals surface area contributed by atoms with Gasteiger partial charge < -0.3 is 12.4 Å². The molecule has 0 spiro atoms. The predicted octanol–water partition coefficient (Wildman–Crippen LogP) is 5.20. The average molecular weight is 395 g/mol. The van der Waals surface area contributed by atoms with Crippen molar-refractivity contribution in [3.8, 4) is 0 Å². The van der Waals surface area contributed by atoms with Crippen molar-refractivity contribution in [2.75, 3.05) is 0 Å². The van der Waals surface area contributed by atoms with Crippen LogP contribution in [0.3, 0.4) is 0 Å². The molecule has 0 saturated heterocycles. The van der Waals surface area contributed by atoms with Gasteiger partial charge in [-0.25, -0.2) is 0 Å². The monoisotopic (exact) mass is 394 g/mol. The average Bonchev–Trinajstić information content (AvgIpc) is 2.48. The van der Waals surface area contributed by atoms with Crippen molar-refractivity contribution in [3.05, 3.63) is 0 Å². The van der Waals surface area contributed by atoms with Crippen molar-refractivity contribution >= 4 is 13.6 Å². The van der Waals surface area contributed by atoms with Gasteiger partial charge in [-0.15, -0.1) is 0 Å². The van der Waals surface area contributed by atoms with Crippen LogP contribution in [0.25, 0.3) is 0 Å². The second-order valence-electron chi connectivity index (χ2n) is 7.06. The van der Waals surface area contributed by atoms with E-state index in [1.54, 1.807) is 46.5 Å². The van der Waals surface area contributed by atoms with Crippen LogP contribution in [-0.2, 0) is 0 Å². The van der Waals surface area contributed by atoms with Crippen molar-refractivity contribution in [3.63, 3.8) is 0 Å². The first kappa shape index (κ1) is 25.1. The van der Waals surface area contributed by atoms with E-state index in [1.165, 1.54) is 51.4 Å². The van der Waals surface area contributed by atoms with Crippen molar-refractivity contribution in [1.82, 2.24) is 0 Å². The SMILES string of the molecule is CCCCC[As+](CCCCC)(CCCCC)CCCCC.[Cl-]. The minimum Gasteiger partial charge on any atom is -1.00 e. The molecule has 0 radical (unpaired) electrons. The Morgan fingerprint density at radius 1 is 0.409 bits per heavy atom. The van der Waals surface area contributed by atoms with Gasteiger partial charge in [0.25, 0.3) is 0 Å². The number of unbranched alkanes of at least 4 members (excludes halogenated alkanes) is 8. The Hall–Kier alpha value is 0.848. The largest absolute Gasteiger partial charge is 1.00 e. The molecule has 2 heteroatoms. The molecule has 136 valence electrons. The van der Waals surface area contributed by atoms with Crippen LogP contribution in [0, 0.1) is 0 Å². The van der Waals surface area contributed by atoms with Crippen LogP contribution in [0.4, 0.5) is 0 Å². The Balaban J connectivity index is 0. The van der Waals surface area contributed by atoms with Crippen LogP contribution >= 0.6 is 0 Å². The zero-order chi connectivity index (χ0) is 15.8. The van der Waals surface area contributed by atoms with E-state index >= 15 is 0 Å². The molecule has 0 amide bonds. The van der Waals surface area contributed by atoms with Crippen molar-refractivity contribution in [2.45, 2.75) is 126 Å². The summed E-state index contributed by atoms with van der Waals surface area (Å²) < 4.78 is 0. The van der Waals surface area contributed by atoms with Crippen molar-refractivity contribution in [2.24, 2.45) is 0 Å². The zero-order valence-corrected chi connectivity index (χ0v) is 18.8. The zero-order valence-electron chi connectivity index (χ0n) is 16.1. The fourth-order valence-electron chi connectivity index (χ4n) is 3.46. The molecule has 0 unspecified atom stereocenters. The summed E-state index contributed by atoms with van der Waals surface area (Å²) in [5, 5.41) is 6.74. The summed E-state index contributed by atoms with van der Waals surface area (Å²) in [4.78, 5) is 0. The van der Waals surface area contributed by atoms with Crippen LogP contribution in [0.15, 0.2) is 0 Å². The van der Waals surface area contributed by atoms with E-state index < -0.39 is 13.6 Å². The third kappa shape index (κ3) is 13.3. The van der Waals surface area contributed by atoms with Gasteiger partial charge in [-0.3, -0.25) is 0 Å². The Labute approximate surface area is 151 Å². The minimum absolute atomic E-state index is 0. The van der Waals surface area contributed by atoms with Crippen LogP contribution in [0.5, 0.6) is 0 Å². The third-order valence-electron chi connectivity index (χ3n) is 4.94. The molecule has 0 aliphatic carbocycles. The Morgan fingerprint density at radius 3 is 0.818 bits per heavy atom. The molecule has 0 N–H and O–H groups in total. The molecule has 0 aromatic rings. The summed E-state index contributed by atoms with van der Waals surface area (Å²) in [7, 11) is 0. The van der Waals surface area contributed by atoms with E-state index in [2.05, 4.69) is 27.7 Å². The smallest absolute Gasteiger partial charge is 1.00 e. The van der Waals surface area contributed by atoms with Gasteiger partial charge in [-0.2, -0.15) is 0 Å². The quantitative estimate of drug-likeness (QED) is 0.249. The summed E-state index contributed by atoms with van der Waals surface area (Å²) in [5.74, 6) is 0. The molecular weight excluding hydrogens is 351 g/mol. The molecule has 0 rings (SSSR count). The first-order valence-corrected chi connectivity index (χ1v) is 15.4. The third-order valence-corrected chi connectivity index (χ3v) is 15.6. The maximum absolute atomic E-state index is 2.36. The molecule has 22 heavy (non-hydrogen) atoms. The van der Waals surface area contributed by atoms with Crippen molar-refractivity contribution in [1.29, 1.82) is 0 Å². The van der Waals surface area contributed by atoms with E-state index in [0.29, 0.717) is 0 Å². The summed E-state index contributed by atoms with van der Waals surface area (Å²) in [6.07, 6.45) is 17.7. The van der Waals surface area contributed by atoms with Crippen LogP contribution in [-0.4, -0.2) is 13.6 Å². The van der Waals surface area contributed by atoms with Gasteiger partial charge in [0.1, 0.15) is 0 Å². The Morgan fingerprint density at radius 2 is 0.636 bits per heavy atom. The molecule has 0 fully saturated rings. The fourth-order valence-corrected chi connectivity index (χ4v) is 13.8. The van der Waals surface area contributed by atoms with E-state index in [0.717, 1.165) is 0 Å². The van der Waals surface area contributed by atoms with Gasteiger partial charge in [-0.1, -0.05) is 0 Å². The molecule has 0 aliphatic rings.